The molecule has 0 radical (unpaired) electrons. The number of nitrogens with two attached hydrogens (primary N) is 1. The molecule has 6 rings (SSSR count). The van der Waals surface area contributed by atoms with Crippen molar-refractivity contribution in [2.24, 2.45) is 5.73 Å². The second kappa shape index (κ2) is 4.70. The van der Waals surface area contributed by atoms with Crippen LogP contribution in [0.3, 0.4) is 0 Å². The van der Waals surface area contributed by atoms with Crippen LogP contribution in [0.1, 0.15) is 52.8 Å². The second-order valence-corrected chi connectivity index (χ2v) is 7.97. The third-order valence-corrected chi connectivity index (χ3v) is 5.94. The zero-order valence-electron chi connectivity index (χ0n) is 14.0. The molecule has 4 fully saturated rings. The Morgan fingerprint density at radius 3 is 2.50 bits per heavy atom. The van der Waals surface area contributed by atoms with Crippen LogP contribution in [-0.4, -0.2) is 45.6 Å². The lowest BCUT2D eigenvalue weighted by molar-refractivity contribution is -0.136. The largest absolute Gasteiger partial charge is 0.379 e. The van der Waals surface area contributed by atoms with E-state index in [0.29, 0.717) is 16.8 Å². The van der Waals surface area contributed by atoms with E-state index in [0.717, 1.165) is 24.2 Å². The number of anilines is 1. The number of rotatable bonds is 3. The Hall–Kier alpha value is -2.74. The van der Waals surface area contributed by atoms with Crippen molar-refractivity contribution in [2.75, 3.05) is 5.32 Å². The summed E-state index contributed by atoms with van der Waals surface area (Å²) in [5.74, 6) is -1.97. The van der Waals surface area contributed by atoms with Crippen LogP contribution in [-0.2, 0) is 9.59 Å². The van der Waals surface area contributed by atoms with Gasteiger partial charge in [0.1, 0.15) is 6.04 Å². The van der Waals surface area contributed by atoms with Gasteiger partial charge in [-0.15, -0.1) is 0 Å². The van der Waals surface area contributed by atoms with Crippen LogP contribution in [0.15, 0.2) is 18.2 Å². The molecule has 4 N–H and O–H groups in total. The molecule has 1 aromatic rings. The Kier molecular flexibility index (Phi) is 2.80. The topological polar surface area (TPSA) is 122 Å². The van der Waals surface area contributed by atoms with E-state index in [9.17, 15) is 19.2 Å². The first-order valence-corrected chi connectivity index (χ1v) is 8.73. The quantitative estimate of drug-likeness (QED) is 0.664. The summed E-state index contributed by atoms with van der Waals surface area (Å²) in [6.07, 6.45) is 2.81. The highest BCUT2D eigenvalue weighted by Gasteiger charge is 2.66. The first-order valence-electron chi connectivity index (χ1n) is 8.73. The van der Waals surface area contributed by atoms with Crippen LogP contribution < -0.4 is 16.4 Å². The minimum Gasteiger partial charge on any atom is -0.379 e. The molecule has 3 aliphatic carbocycles. The summed E-state index contributed by atoms with van der Waals surface area (Å²) in [4.78, 5) is 50.3. The number of benzene rings is 1. The molecule has 0 aromatic heterocycles. The number of fused-ring (bicyclic) bond motifs is 1. The Balaban J connectivity index is 1.46. The maximum Gasteiger partial charge on any atom is 0.264 e. The Labute approximate surface area is 149 Å². The van der Waals surface area contributed by atoms with Gasteiger partial charge >= 0.3 is 0 Å². The van der Waals surface area contributed by atoms with Crippen LogP contribution in [0, 0.1) is 0 Å². The summed E-state index contributed by atoms with van der Waals surface area (Å²) in [6.45, 7) is 0. The SMILES string of the molecule is NC12CC(Nc3cccc4c3C(=O)N(C3CCC(=O)NC3=O)C4=O)(C1)C2. The molecule has 2 aliphatic heterocycles. The van der Waals surface area contributed by atoms with Gasteiger partial charge in [-0.25, -0.2) is 0 Å². The fourth-order valence-electron chi connectivity index (χ4n) is 4.90. The number of amides is 4. The van der Waals surface area contributed by atoms with Gasteiger partial charge in [-0.2, -0.15) is 0 Å². The van der Waals surface area contributed by atoms with Gasteiger partial charge in [0, 0.05) is 23.2 Å². The van der Waals surface area contributed by atoms with E-state index in [1.54, 1.807) is 18.2 Å². The van der Waals surface area contributed by atoms with Crippen molar-refractivity contribution < 1.29 is 19.2 Å². The lowest BCUT2D eigenvalue weighted by Gasteiger charge is -2.69. The van der Waals surface area contributed by atoms with Gasteiger partial charge in [-0.1, -0.05) is 6.07 Å². The highest BCUT2D eigenvalue weighted by Crippen LogP contribution is 2.60. The molecular weight excluding hydrogens is 336 g/mol. The van der Waals surface area contributed by atoms with E-state index < -0.39 is 23.8 Å². The van der Waals surface area contributed by atoms with Crippen molar-refractivity contribution in [3.05, 3.63) is 29.3 Å². The summed E-state index contributed by atoms with van der Waals surface area (Å²) >= 11 is 0. The lowest BCUT2D eigenvalue weighted by Crippen LogP contribution is -2.79. The monoisotopic (exact) mass is 354 g/mol. The van der Waals surface area contributed by atoms with Crippen LogP contribution in [0.5, 0.6) is 0 Å². The second-order valence-electron chi connectivity index (χ2n) is 7.97. The number of piperidine rings is 1. The van der Waals surface area contributed by atoms with Crippen LogP contribution >= 0.6 is 0 Å². The van der Waals surface area contributed by atoms with Crippen LogP contribution in [0.2, 0.25) is 0 Å². The standard InChI is InChI=1S/C18H18N4O4/c19-17-6-18(7-17,8-17)21-10-3-1-2-9-13(10)16(26)22(15(9)25)11-4-5-12(23)20-14(11)24/h1-3,11,21H,4-8,19H2,(H,20,23,24). The van der Waals surface area contributed by atoms with E-state index in [4.69, 9.17) is 5.73 Å². The third-order valence-electron chi connectivity index (χ3n) is 5.94. The van der Waals surface area contributed by atoms with E-state index in [1.807, 2.05) is 0 Å². The maximum atomic E-state index is 13.0. The number of imide groups is 2. The molecule has 8 heteroatoms. The van der Waals surface area contributed by atoms with E-state index >= 15 is 0 Å². The van der Waals surface area contributed by atoms with Crippen molar-refractivity contribution in [2.45, 2.75) is 49.2 Å². The number of nitrogens with zero attached hydrogens (tertiary/aromatic N) is 1. The summed E-state index contributed by atoms with van der Waals surface area (Å²) in [7, 11) is 0. The van der Waals surface area contributed by atoms with Crippen LogP contribution in [0.25, 0.3) is 0 Å². The molecule has 5 aliphatic rings. The maximum absolute atomic E-state index is 13.0. The van der Waals surface area contributed by atoms with E-state index in [2.05, 4.69) is 10.6 Å². The molecule has 1 unspecified atom stereocenters. The average Bonchev–Trinajstić information content (AvgIpc) is 2.78. The van der Waals surface area contributed by atoms with Crippen LogP contribution in [0.4, 0.5) is 5.69 Å². The van der Waals surface area contributed by atoms with Crippen molar-refractivity contribution in [1.29, 1.82) is 0 Å². The fourth-order valence-corrected chi connectivity index (χ4v) is 4.90. The predicted octanol–water partition coefficient (Wildman–Crippen LogP) is 0.133. The molecular formula is C18H18N4O4. The highest BCUT2D eigenvalue weighted by molar-refractivity contribution is 6.25. The van der Waals surface area contributed by atoms with Gasteiger partial charge in [-0.05, 0) is 37.8 Å². The zero-order valence-corrected chi connectivity index (χ0v) is 14.0. The summed E-state index contributed by atoms with van der Waals surface area (Å²) < 4.78 is 0. The molecule has 8 nitrogen and oxygen atoms in total. The Morgan fingerprint density at radius 2 is 1.85 bits per heavy atom. The van der Waals surface area contributed by atoms with Gasteiger partial charge < -0.3 is 11.1 Å². The lowest BCUT2D eigenvalue weighted by atomic mass is 9.44. The van der Waals surface area contributed by atoms with Gasteiger partial charge in [0.05, 0.1) is 11.1 Å². The predicted molar refractivity (Wildman–Crippen MR) is 90.2 cm³/mol. The smallest absolute Gasteiger partial charge is 0.264 e. The van der Waals surface area contributed by atoms with Crippen molar-refractivity contribution in [3.63, 3.8) is 0 Å². The molecule has 134 valence electrons. The number of hydrogen-bond acceptors (Lipinski definition) is 6. The molecule has 3 saturated carbocycles. The Bertz CT molecular complexity index is 889. The van der Waals surface area contributed by atoms with Gasteiger partial charge in [0.25, 0.3) is 11.8 Å². The third kappa shape index (κ3) is 1.93. The molecule has 1 aromatic carbocycles. The van der Waals surface area contributed by atoms with Gasteiger partial charge in [0.2, 0.25) is 11.8 Å². The molecule has 1 atom stereocenters. The molecule has 26 heavy (non-hydrogen) atoms. The summed E-state index contributed by atoms with van der Waals surface area (Å²) in [5, 5.41) is 5.61. The summed E-state index contributed by atoms with van der Waals surface area (Å²) in [6, 6.07) is 4.15. The molecule has 2 bridgehead atoms. The van der Waals surface area contributed by atoms with Gasteiger partial charge in [0.15, 0.2) is 0 Å². The van der Waals surface area contributed by atoms with E-state index in [1.165, 1.54) is 0 Å². The minimum atomic E-state index is -0.949. The average molecular weight is 354 g/mol. The summed E-state index contributed by atoms with van der Waals surface area (Å²) in [5.41, 5.74) is 7.13. The first kappa shape index (κ1) is 15.5. The Morgan fingerprint density at radius 1 is 1.12 bits per heavy atom. The van der Waals surface area contributed by atoms with Crippen molar-refractivity contribution in [1.82, 2.24) is 10.2 Å². The molecule has 1 saturated heterocycles. The first-order chi connectivity index (χ1) is 12.3. The number of hydrogen-bond donors (Lipinski definition) is 3. The number of carbonyl (C=O) groups is 4. The van der Waals surface area contributed by atoms with Crippen molar-refractivity contribution in [3.8, 4) is 0 Å². The number of nitrogens with one attached hydrogen (secondary N) is 2. The normalized spacial score (nSPS) is 34.8. The molecule has 2 heterocycles. The highest BCUT2D eigenvalue weighted by atomic mass is 16.2. The van der Waals surface area contributed by atoms with Crippen molar-refractivity contribution >= 4 is 29.3 Å². The zero-order chi connectivity index (χ0) is 18.3. The molecule has 0 spiro atoms. The minimum absolute atomic E-state index is 0.0798. The fraction of sp³-hybridized carbons (Fsp3) is 0.444. The number of carbonyl (C=O) groups excluding carboxylic acids is 4. The van der Waals surface area contributed by atoms with E-state index in [-0.39, 0.29) is 29.8 Å². The van der Waals surface area contributed by atoms with Gasteiger partial charge in [-0.3, -0.25) is 29.4 Å². The molecule has 4 amide bonds.